The van der Waals surface area contributed by atoms with E-state index in [4.69, 9.17) is 4.98 Å². The molecule has 0 amide bonds. The highest BCUT2D eigenvalue weighted by Gasteiger charge is 2.16. The molecule has 1 aromatic carbocycles. The predicted molar refractivity (Wildman–Crippen MR) is 103 cm³/mol. The standard InChI is InChI=1S/C18H19BrN4O2/c1-21(2)10-12-9-14-16(22(3)18(25)23(4)17(14)24)20-15(12)11-5-7-13(19)8-6-11/h5-9H,10H2,1-4H3. The molecule has 2 aromatic heterocycles. The van der Waals surface area contributed by atoms with Crippen LogP contribution in [0.25, 0.3) is 22.3 Å². The third-order valence-electron chi connectivity index (χ3n) is 4.11. The van der Waals surface area contributed by atoms with Gasteiger partial charge in [0, 0.05) is 30.7 Å². The summed E-state index contributed by atoms with van der Waals surface area (Å²) in [5.74, 6) is 0. The first-order valence-corrected chi connectivity index (χ1v) is 8.59. The van der Waals surface area contributed by atoms with Crippen LogP contribution in [0, 0.1) is 0 Å². The molecule has 3 rings (SSSR count). The fourth-order valence-corrected chi connectivity index (χ4v) is 3.12. The molecule has 25 heavy (non-hydrogen) atoms. The summed E-state index contributed by atoms with van der Waals surface area (Å²) in [6.07, 6.45) is 0. The van der Waals surface area contributed by atoms with Crippen molar-refractivity contribution in [2.24, 2.45) is 14.1 Å². The zero-order valence-corrected chi connectivity index (χ0v) is 16.2. The molecule has 130 valence electrons. The second kappa shape index (κ2) is 6.57. The van der Waals surface area contributed by atoms with E-state index in [1.54, 1.807) is 7.05 Å². The summed E-state index contributed by atoms with van der Waals surface area (Å²) in [5, 5.41) is 0.447. The molecule has 0 bridgehead atoms. The Balaban J connectivity index is 2.40. The number of hydrogen-bond acceptors (Lipinski definition) is 4. The van der Waals surface area contributed by atoms with Crippen molar-refractivity contribution in [3.8, 4) is 11.3 Å². The van der Waals surface area contributed by atoms with Crippen molar-refractivity contribution in [1.29, 1.82) is 0 Å². The Labute approximate surface area is 153 Å². The second-order valence-electron chi connectivity index (χ2n) is 6.32. The van der Waals surface area contributed by atoms with Crippen LogP contribution >= 0.6 is 15.9 Å². The number of rotatable bonds is 3. The molecule has 0 aliphatic heterocycles. The van der Waals surface area contributed by atoms with E-state index in [1.165, 1.54) is 11.6 Å². The minimum absolute atomic E-state index is 0.326. The first kappa shape index (κ1) is 17.6. The van der Waals surface area contributed by atoms with Crippen LogP contribution in [0.1, 0.15) is 5.56 Å². The van der Waals surface area contributed by atoms with Gasteiger partial charge in [0.05, 0.1) is 11.1 Å². The van der Waals surface area contributed by atoms with E-state index in [2.05, 4.69) is 15.9 Å². The molecule has 0 unspecified atom stereocenters. The van der Waals surface area contributed by atoms with Crippen LogP contribution in [0.3, 0.4) is 0 Å². The SMILES string of the molecule is CN(C)Cc1cc2c(=O)n(C)c(=O)n(C)c2nc1-c1ccc(Br)cc1. The summed E-state index contributed by atoms with van der Waals surface area (Å²) < 4.78 is 3.51. The highest BCUT2D eigenvalue weighted by Crippen LogP contribution is 2.26. The lowest BCUT2D eigenvalue weighted by atomic mass is 10.0. The Morgan fingerprint density at radius 2 is 1.72 bits per heavy atom. The van der Waals surface area contributed by atoms with Gasteiger partial charge in [-0.25, -0.2) is 9.78 Å². The van der Waals surface area contributed by atoms with Crippen molar-refractivity contribution in [3.63, 3.8) is 0 Å². The van der Waals surface area contributed by atoms with Crippen LogP contribution in [0.2, 0.25) is 0 Å². The molecule has 0 atom stereocenters. The van der Waals surface area contributed by atoms with Crippen molar-refractivity contribution in [2.75, 3.05) is 14.1 Å². The molecule has 0 fully saturated rings. The molecule has 3 aromatic rings. The second-order valence-corrected chi connectivity index (χ2v) is 7.23. The number of hydrogen-bond donors (Lipinski definition) is 0. The maximum absolute atomic E-state index is 12.5. The maximum Gasteiger partial charge on any atom is 0.332 e. The Bertz CT molecular complexity index is 1070. The van der Waals surface area contributed by atoms with Gasteiger partial charge in [-0.3, -0.25) is 13.9 Å². The number of nitrogens with zero attached hydrogens (tertiary/aromatic N) is 4. The predicted octanol–water partition coefficient (Wildman–Crippen LogP) is 2.12. The fraction of sp³-hybridized carbons (Fsp3) is 0.278. The van der Waals surface area contributed by atoms with Gasteiger partial charge in [0.1, 0.15) is 5.65 Å². The first-order chi connectivity index (χ1) is 11.8. The molecule has 0 aliphatic carbocycles. The van der Waals surface area contributed by atoms with E-state index in [0.29, 0.717) is 17.6 Å². The molecule has 2 heterocycles. The van der Waals surface area contributed by atoms with Gasteiger partial charge in [0.2, 0.25) is 0 Å². The molecule has 0 radical (unpaired) electrons. The minimum Gasteiger partial charge on any atom is -0.305 e. The molecule has 0 aliphatic rings. The third-order valence-corrected chi connectivity index (χ3v) is 4.64. The van der Waals surface area contributed by atoms with Crippen LogP contribution in [0.4, 0.5) is 0 Å². The number of aryl methyl sites for hydroxylation is 1. The summed E-state index contributed by atoms with van der Waals surface area (Å²) in [6, 6.07) is 9.68. The molecule has 6 nitrogen and oxygen atoms in total. The molecule has 7 heteroatoms. The van der Waals surface area contributed by atoms with Crippen LogP contribution in [-0.2, 0) is 20.6 Å². The Morgan fingerprint density at radius 1 is 1.08 bits per heavy atom. The normalized spacial score (nSPS) is 11.4. The smallest absolute Gasteiger partial charge is 0.305 e. The summed E-state index contributed by atoms with van der Waals surface area (Å²) >= 11 is 3.44. The summed E-state index contributed by atoms with van der Waals surface area (Å²) in [5.41, 5.74) is 2.34. The van der Waals surface area contributed by atoms with Gasteiger partial charge in [-0.1, -0.05) is 28.1 Å². The molecule has 0 spiro atoms. The van der Waals surface area contributed by atoms with Gasteiger partial charge in [-0.2, -0.15) is 0 Å². The monoisotopic (exact) mass is 402 g/mol. The van der Waals surface area contributed by atoms with Crippen molar-refractivity contribution in [1.82, 2.24) is 19.0 Å². The quantitative estimate of drug-likeness (QED) is 0.673. The lowest BCUT2D eigenvalue weighted by Gasteiger charge is -2.16. The van der Waals surface area contributed by atoms with E-state index < -0.39 is 0 Å². The van der Waals surface area contributed by atoms with Crippen molar-refractivity contribution < 1.29 is 0 Å². The average molecular weight is 403 g/mol. The lowest BCUT2D eigenvalue weighted by Crippen LogP contribution is -2.37. The fourth-order valence-electron chi connectivity index (χ4n) is 2.86. The van der Waals surface area contributed by atoms with Gasteiger partial charge in [0.25, 0.3) is 5.56 Å². The van der Waals surface area contributed by atoms with Crippen LogP contribution in [0.15, 0.2) is 44.4 Å². The Hall–Kier alpha value is -2.25. The van der Waals surface area contributed by atoms with E-state index in [0.717, 1.165) is 25.9 Å². The zero-order valence-electron chi connectivity index (χ0n) is 14.6. The van der Waals surface area contributed by atoms with E-state index in [9.17, 15) is 9.59 Å². The van der Waals surface area contributed by atoms with Gasteiger partial charge < -0.3 is 4.90 Å². The lowest BCUT2D eigenvalue weighted by molar-refractivity contribution is 0.403. The van der Waals surface area contributed by atoms with Crippen molar-refractivity contribution in [3.05, 3.63) is 61.2 Å². The van der Waals surface area contributed by atoms with Crippen molar-refractivity contribution >= 4 is 27.0 Å². The minimum atomic E-state index is -0.382. The Kier molecular flexibility index (Phi) is 4.62. The molecule has 0 N–H and O–H groups in total. The Morgan fingerprint density at radius 3 is 2.32 bits per heavy atom. The highest BCUT2D eigenvalue weighted by atomic mass is 79.9. The summed E-state index contributed by atoms with van der Waals surface area (Å²) in [4.78, 5) is 31.5. The highest BCUT2D eigenvalue weighted by molar-refractivity contribution is 9.10. The van der Waals surface area contributed by atoms with Crippen LogP contribution in [-0.4, -0.2) is 33.1 Å². The van der Waals surface area contributed by atoms with Crippen LogP contribution < -0.4 is 11.2 Å². The van der Waals surface area contributed by atoms with Crippen LogP contribution in [0.5, 0.6) is 0 Å². The number of benzene rings is 1. The summed E-state index contributed by atoms with van der Waals surface area (Å²) in [6.45, 7) is 0.639. The molecule has 0 saturated carbocycles. The number of halogens is 1. The maximum atomic E-state index is 12.5. The van der Waals surface area contributed by atoms with Gasteiger partial charge in [-0.05, 0) is 37.9 Å². The van der Waals surface area contributed by atoms with Crippen molar-refractivity contribution in [2.45, 2.75) is 6.54 Å². The number of aromatic nitrogens is 3. The van der Waals surface area contributed by atoms with Gasteiger partial charge in [0.15, 0.2) is 0 Å². The van der Waals surface area contributed by atoms with E-state index in [1.807, 2.05) is 49.3 Å². The molecular formula is C18H19BrN4O2. The van der Waals surface area contributed by atoms with Gasteiger partial charge in [-0.15, -0.1) is 0 Å². The average Bonchev–Trinajstić information content (AvgIpc) is 2.58. The van der Waals surface area contributed by atoms with E-state index in [-0.39, 0.29) is 11.2 Å². The number of pyridine rings is 1. The van der Waals surface area contributed by atoms with E-state index >= 15 is 0 Å². The topological polar surface area (TPSA) is 60.1 Å². The summed E-state index contributed by atoms with van der Waals surface area (Å²) in [7, 11) is 7.05. The molecule has 0 saturated heterocycles. The zero-order chi connectivity index (χ0) is 18.3. The molecular weight excluding hydrogens is 384 g/mol. The number of fused-ring (bicyclic) bond motifs is 1. The largest absolute Gasteiger partial charge is 0.332 e. The van der Waals surface area contributed by atoms with Gasteiger partial charge >= 0.3 is 5.69 Å². The third kappa shape index (κ3) is 3.17. The first-order valence-electron chi connectivity index (χ1n) is 7.80.